The highest BCUT2D eigenvalue weighted by Crippen LogP contribution is 2.21. The van der Waals surface area contributed by atoms with E-state index in [1.165, 1.54) is 10.3 Å². The molecule has 28 heavy (non-hydrogen) atoms. The van der Waals surface area contributed by atoms with Crippen molar-refractivity contribution in [2.75, 3.05) is 32.8 Å². The summed E-state index contributed by atoms with van der Waals surface area (Å²) in [5, 5.41) is 3.45. The molecule has 0 unspecified atom stereocenters. The molecule has 1 aliphatic heterocycles. The molecule has 0 bridgehead atoms. The topological polar surface area (TPSA) is 45.7 Å². The SMILES string of the molecule is Cc1nc(CN2CCN(C(=O)COc3ccc4ccccc4c3)CC2)sc1C. The third-order valence-electron chi connectivity index (χ3n) is 5.24. The first-order valence-electron chi connectivity index (χ1n) is 9.63. The summed E-state index contributed by atoms with van der Waals surface area (Å²) in [4.78, 5) is 22.7. The van der Waals surface area contributed by atoms with Gasteiger partial charge in [0.05, 0.1) is 12.2 Å². The molecule has 146 valence electrons. The van der Waals surface area contributed by atoms with Crippen molar-refractivity contribution in [3.63, 3.8) is 0 Å². The minimum absolute atomic E-state index is 0.0498. The quantitative estimate of drug-likeness (QED) is 0.662. The van der Waals surface area contributed by atoms with Gasteiger partial charge in [-0.2, -0.15) is 0 Å². The summed E-state index contributed by atoms with van der Waals surface area (Å²) in [7, 11) is 0. The number of piperazine rings is 1. The van der Waals surface area contributed by atoms with E-state index in [4.69, 9.17) is 4.74 Å². The van der Waals surface area contributed by atoms with Gasteiger partial charge in [0.1, 0.15) is 10.8 Å². The van der Waals surface area contributed by atoms with Crippen LogP contribution in [0.25, 0.3) is 10.8 Å². The summed E-state index contributed by atoms with van der Waals surface area (Å²) >= 11 is 1.77. The second-order valence-corrected chi connectivity index (χ2v) is 8.49. The van der Waals surface area contributed by atoms with Crippen LogP contribution in [0.5, 0.6) is 5.75 Å². The van der Waals surface area contributed by atoms with Crippen LogP contribution in [-0.4, -0.2) is 53.5 Å². The lowest BCUT2D eigenvalue weighted by Gasteiger charge is -2.34. The first kappa shape index (κ1) is 18.9. The molecule has 0 spiro atoms. The Kier molecular flexibility index (Phi) is 5.59. The van der Waals surface area contributed by atoms with Crippen LogP contribution >= 0.6 is 11.3 Å². The Morgan fingerprint density at radius 2 is 1.82 bits per heavy atom. The zero-order valence-corrected chi connectivity index (χ0v) is 17.2. The molecule has 0 radical (unpaired) electrons. The third kappa shape index (κ3) is 4.34. The number of benzene rings is 2. The van der Waals surface area contributed by atoms with Crippen LogP contribution in [0.15, 0.2) is 42.5 Å². The number of hydrogen-bond donors (Lipinski definition) is 0. The number of ether oxygens (including phenoxy) is 1. The fourth-order valence-electron chi connectivity index (χ4n) is 3.45. The van der Waals surface area contributed by atoms with E-state index >= 15 is 0 Å². The number of thiazole rings is 1. The Labute approximate surface area is 169 Å². The van der Waals surface area contributed by atoms with Crippen LogP contribution in [-0.2, 0) is 11.3 Å². The first-order chi connectivity index (χ1) is 13.6. The van der Waals surface area contributed by atoms with E-state index < -0.39 is 0 Å². The summed E-state index contributed by atoms with van der Waals surface area (Å²) in [6.07, 6.45) is 0. The average molecular weight is 396 g/mol. The molecule has 2 heterocycles. The van der Waals surface area contributed by atoms with Crippen molar-refractivity contribution in [2.45, 2.75) is 20.4 Å². The predicted molar refractivity (Wildman–Crippen MR) is 113 cm³/mol. The Hall–Kier alpha value is -2.44. The highest BCUT2D eigenvalue weighted by Gasteiger charge is 2.22. The molecule has 0 N–H and O–H groups in total. The second kappa shape index (κ2) is 8.29. The summed E-state index contributed by atoms with van der Waals surface area (Å²) < 4.78 is 5.75. The van der Waals surface area contributed by atoms with Gasteiger partial charge in [-0.05, 0) is 36.8 Å². The zero-order chi connectivity index (χ0) is 19.5. The Morgan fingerprint density at radius 1 is 1.07 bits per heavy atom. The van der Waals surface area contributed by atoms with Gasteiger partial charge in [0.15, 0.2) is 6.61 Å². The van der Waals surface area contributed by atoms with E-state index in [0.717, 1.165) is 54.6 Å². The number of carbonyl (C=O) groups excluding carboxylic acids is 1. The van der Waals surface area contributed by atoms with Crippen molar-refractivity contribution in [1.29, 1.82) is 0 Å². The summed E-state index contributed by atoms with van der Waals surface area (Å²) in [5.41, 5.74) is 1.12. The molecule has 1 saturated heterocycles. The molecular weight excluding hydrogens is 370 g/mol. The molecule has 1 fully saturated rings. The second-order valence-electron chi connectivity index (χ2n) is 7.20. The summed E-state index contributed by atoms with van der Waals surface area (Å²) in [6.45, 7) is 8.35. The fraction of sp³-hybridized carbons (Fsp3) is 0.364. The first-order valence-corrected chi connectivity index (χ1v) is 10.4. The van der Waals surface area contributed by atoms with Crippen LogP contribution in [0.1, 0.15) is 15.6 Å². The highest BCUT2D eigenvalue weighted by molar-refractivity contribution is 7.11. The van der Waals surface area contributed by atoms with Gasteiger partial charge in [0, 0.05) is 31.1 Å². The average Bonchev–Trinajstić information content (AvgIpc) is 3.03. The van der Waals surface area contributed by atoms with E-state index in [-0.39, 0.29) is 12.5 Å². The molecule has 0 atom stereocenters. The van der Waals surface area contributed by atoms with Gasteiger partial charge < -0.3 is 9.64 Å². The Balaban J connectivity index is 1.26. The van der Waals surface area contributed by atoms with Crippen molar-refractivity contribution in [3.05, 3.63) is 58.0 Å². The lowest BCUT2D eigenvalue weighted by atomic mass is 10.1. The summed E-state index contributed by atoms with van der Waals surface area (Å²) in [5.74, 6) is 0.786. The maximum atomic E-state index is 12.5. The number of nitrogens with zero attached hydrogens (tertiary/aromatic N) is 3. The Bertz CT molecular complexity index is 957. The molecule has 1 amide bonds. The maximum absolute atomic E-state index is 12.5. The van der Waals surface area contributed by atoms with Crippen LogP contribution < -0.4 is 4.74 Å². The molecule has 1 aliphatic rings. The number of amides is 1. The number of aryl methyl sites for hydroxylation is 2. The zero-order valence-electron chi connectivity index (χ0n) is 16.4. The number of rotatable bonds is 5. The lowest BCUT2D eigenvalue weighted by molar-refractivity contribution is -0.135. The molecule has 0 saturated carbocycles. The third-order valence-corrected chi connectivity index (χ3v) is 6.30. The molecule has 3 aromatic rings. The van der Waals surface area contributed by atoms with Crippen molar-refractivity contribution >= 4 is 28.0 Å². The van der Waals surface area contributed by atoms with Gasteiger partial charge in [-0.3, -0.25) is 9.69 Å². The van der Waals surface area contributed by atoms with E-state index in [0.29, 0.717) is 0 Å². The predicted octanol–water partition coefficient (Wildman–Crippen LogP) is 3.64. The molecule has 6 heteroatoms. The number of hydrogen-bond acceptors (Lipinski definition) is 5. The molecular formula is C22H25N3O2S. The van der Waals surface area contributed by atoms with Crippen LogP contribution in [0.4, 0.5) is 0 Å². The molecule has 1 aromatic heterocycles. The van der Waals surface area contributed by atoms with E-state index in [1.54, 1.807) is 11.3 Å². The normalized spacial score (nSPS) is 15.1. The molecule has 5 nitrogen and oxygen atoms in total. The van der Waals surface area contributed by atoms with Crippen molar-refractivity contribution in [3.8, 4) is 5.75 Å². The van der Waals surface area contributed by atoms with E-state index in [9.17, 15) is 4.79 Å². The molecule has 0 aliphatic carbocycles. The monoisotopic (exact) mass is 395 g/mol. The summed E-state index contributed by atoms with van der Waals surface area (Å²) in [6, 6.07) is 14.1. The largest absolute Gasteiger partial charge is 0.484 e. The standard InChI is InChI=1S/C22H25N3O2S/c1-16-17(2)28-21(23-16)14-24-9-11-25(12-10-24)22(26)15-27-20-8-7-18-5-3-4-6-19(18)13-20/h3-8,13H,9-12,14-15H2,1-2H3. The minimum Gasteiger partial charge on any atom is -0.484 e. The smallest absolute Gasteiger partial charge is 0.260 e. The minimum atomic E-state index is 0.0498. The van der Waals surface area contributed by atoms with Crippen LogP contribution in [0.2, 0.25) is 0 Å². The molecule has 4 rings (SSSR count). The number of carbonyl (C=O) groups is 1. The highest BCUT2D eigenvalue weighted by atomic mass is 32.1. The van der Waals surface area contributed by atoms with Crippen molar-refractivity contribution in [1.82, 2.24) is 14.8 Å². The van der Waals surface area contributed by atoms with Gasteiger partial charge in [-0.1, -0.05) is 30.3 Å². The lowest BCUT2D eigenvalue weighted by Crippen LogP contribution is -2.49. The Morgan fingerprint density at radius 3 is 2.54 bits per heavy atom. The maximum Gasteiger partial charge on any atom is 0.260 e. The fourth-order valence-corrected chi connectivity index (χ4v) is 4.42. The van der Waals surface area contributed by atoms with Gasteiger partial charge in [0.2, 0.25) is 0 Å². The van der Waals surface area contributed by atoms with Gasteiger partial charge >= 0.3 is 0 Å². The van der Waals surface area contributed by atoms with Crippen molar-refractivity contribution in [2.24, 2.45) is 0 Å². The number of fused-ring (bicyclic) bond motifs is 1. The molecule has 2 aromatic carbocycles. The van der Waals surface area contributed by atoms with Gasteiger partial charge in [-0.15, -0.1) is 11.3 Å². The van der Waals surface area contributed by atoms with Crippen molar-refractivity contribution < 1.29 is 9.53 Å². The van der Waals surface area contributed by atoms with Gasteiger partial charge in [-0.25, -0.2) is 4.98 Å². The van der Waals surface area contributed by atoms with Gasteiger partial charge in [0.25, 0.3) is 5.91 Å². The van der Waals surface area contributed by atoms with E-state index in [2.05, 4.69) is 35.9 Å². The van der Waals surface area contributed by atoms with E-state index in [1.807, 2.05) is 35.2 Å². The van der Waals surface area contributed by atoms with Crippen LogP contribution in [0, 0.1) is 13.8 Å². The van der Waals surface area contributed by atoms with Crippen LogP contribution in [0.3, 0.4) is 0 Å². The number of aromatic nitrogens is 1.